The Morgan fingerprint density at radius 2 is 1.47 bits per heavy atom. The first-order valence-corrected chi connectivity index (χ1v) is 14.6. The Hall–Kier alpha value is -4.90. The molecule has 223 valence electrons. The molecule has 0 unspecified atom stereocenters. The molecule has 0 spiro atoms. The van der Waals surface area contributed by atoms with Gasteiger partial charge >= 0.3 is 0 Å². The van der Waals surface area contributed by atoms with Crippen LogP contribution in [-0.4, -0.2) is 19.5 Å². The number of imidazole rings is 1. The molecule has 1 radical (unpaired) electrons. The number of hydrogen-bond acceptors (Lipinski definition) is 4. The molecule has 0 aliphatic rings. The van der Waals surface area contributed by atoms with Gasteiger partial charge in [-0.05, 0) is 47.0 Å². The molecule has 8 aromatic rings. The third-order valence-corrected chi connectivity index (χ3v) is 7.59. The molecule has 4 aromatic heterocycles. The van der Waals surface area contributed by atoms with Crippen molar-refractivity contribution >= 4 is 33.1 Å². The summed E-state index contributed by atoms with van der Waals surface area (Å²) in [4.78, 5) is 13.9. The summed E-state index contributed by atoms with van der Waals surface area (Å²) in [6.45, 7) is 6.65. The van der Waals surface area contributed by atoms with Crippen LogP contribution in [0.3, 0.4) is 0 Å². The van der Waals surface area contributed by atoms with Crippen molar-refractivity contribution in [1.82, 2.24) is 19.5 Å². The summed E-state index contributed by atoms with van der Waals surface area (Å²) in [5, 5.41) is 2.15. The van der Waals surface area contributed by atoms with E-state index in [9.17, 15) is 0 Å². The number of furan rings is 1. The van der Waals surface area contributed by atoms with Gasteiger partial charge in [-0.3, -0.25) is 4.98 Å². The van der Waals surface area contributed by atoms with E-state index >= 15 is 0 Å². The maximum atomic E-state index is 6.32. The van der Waals surface area contributed by atoms with Gasteiger partial charge in [-0.25, -0.2) is 4.98 Å². The fraction of sp³-hybridized carbons (Fsp3) is 0.103. The van der Waals surface area contributed by atoms with Crippen molar-refractivity contribution in [3.63, 3.8) is 0 Å². The quantitative estimate of drug-likeness (QED) is 0.168. The number of pyridine rings is 2. The molecule has 6 heteroatoms. The van der Waals surface area contributed by atoms with Crippen LogP contribution in [-0.2, 0) is 25.5 Å². The first kappa shape index (κ1) is 30.1. The van der Waals surface area contributed by atoms with Crippen molar-refractivity contribution in [2.45, 2.75) is 26.2 Å². The second-order valence-electron chi connectivity index (χ2n) is 11.6. The first-order valence-electron chi connectivity index (χ1n) is 14.6. The topological polar surface area (TPSA) is 56.7 Å². The van der Waals surface area contributed by atoms with Gasteiger partial charge in [0.1, 0.15) is 5.58 Å². The van der Waals surface area contributed by atoms with Crippen LogP contribution in [0.2, 0.25) is 0 Å². The van der Waals surface area contributed by atoms with Crippen LogP contribution >= 0.6 is 0 Å². The molecule has 0 N–H and O–H groups in total. The molecular formula is C39H30IrN4O-2. The summed E-state index contributed by atoms with van der Waals surface area (Å²) >= 11 is 0. The van der Waals surface area contributed by atoms with Crippen molar-refractivity contribution in [2.24, 2.45) is 0 Å². The zero-order chi connectivity index (χ0) is 30.1. The zero-order valence-electron chi connectivity index (χ0n) is 25.2. The van der Waals surface area contributed by atoms with E-state index in [1.807, 2.05) is 91.1 Å². The van der Waals surface area contributed by atoms with Crippen molar-refractivity contribution in [2.75, 3.05) is 0 Å². The second kappa shape index (κ2) is 12.6. The summed E-state index contributed by atoms with van der Waals surface area (Å²) in [5.74, 6) is 0.778. The number of fused-ring (bicyclic) bond motifs is 4. The van der Waals surface area contributed by atoms with E-state index in [4.69, 9.17) is 9.40 Å². The van der Waals surface area contributed by atoms with Crippen LogP contribution in [0, 0.1) is 12.1 Å². The average molecular weight is 763 g/mol. The zero-order valence-corrected chi connectivity index (χ0v) is 27.5. The van der Waals surface area contributed by atoms with Crippen LogP contribution in [0.4, 0.5) is 0 Å². The minimum atomic E-state index is -0.0693. The van der Waals surface area contributed by atoms with Gasteiger partial charge in [0.15, 0.2) is 5.65 Å². The fourth-order valence-electron chi connectivity index (χ4n) is 5.53. The van der Waals surface area contributed by atoms with Gasteiger partial charge in [0.2, 0.25) is 0 Å². The number of hydrogen-bond donors (Lipinski definition) is 0. The monoisotopic (exact) mass is 763 g/mol. The summed E-state index contributed by atoms with van der Waals surface area (Å²) < 4.78 is 8.51. The number of benzene rings is 4. The van der Waals surface area contributed by atoms with E-state index in [0.29, 0.717) is 0 Å². The molecule has 0 aliphatic carbocycles. The SMILES string of the molecule is CC(C)(C)c1ccnc2nc(-c3[c-]ccc4c3oc3ccccc34)n(-c3ccccc3)c12.[Ir].[c-]1ccccc1-c1ccccn1. The average Bonchev–Trinajstić information content (AvgIpc) is 3.65. The van der Waals surface area contributed by atoms with Gasteiger partial charge in [-0.15, -0.1) is 54.1 Å². The van der Waals surface area contributed by atoms with Gasteiger partial charge in [0, 0.05) is 43.6 Å². The van der Waals surface area contributed by atoms with Gasteiger partial charge < -0.3 is 14.0 Å². The van der Waals surface area contributed by atoms with Gasteiger partial charge in [0.05, 0.1) is 16.9 Å². The Balaban J connectivity index is 0.000000231. The van der Waals surface area contributed by atoms with Crippen LogP contribution in [0.5, 0.6) is 0 Å². The smallest absolute Gasteiger partial charge is 0.168 e. The Bertz CT molecular complexity index is 2160. The maximum absolute atomic E-state index is 6.32. The summed E-state index contributed by atoms with van der Waals surface area (Å²) in [6.07, 6.45) is 3.64. The third kappa shape index (κ3) is 5.83. The molecule has 5 nitrogen and oxygen atoms in total. The maximum Gasteiger partial charge on any atom is 0.168 e. The van der Waals surface area contributed by atoms with Gasteiger partial charge in [-0.2, -0.15) is 0 Å². The third-order valence-electron chi connectivity index (χ3n) is 7.59. The van der Waals surface area contributed by atoms with E-state index < -0.39 is 0 Å². The molecule has 4 aromatic carbocycles. The predicted molar refractivity (Wildman–Crippen MR) is 178 cm³/mol. The second-order valence-corrected chi connectivity index (χ2v) is 11.6. The Morgan fingerprint density at radius 3 is 2.22 bits per heavy atom. The molecule has 0 bridgehead atoms. The number of nitrogens with zero attached hydrogens (tertiary/aromatic N) is 4. The van der Waals surface area contributed by atoms with E-state index in [1.54, 1.807) is 6.20 Å². The molecule has 0 saturated carbocycles. The van der Waals surface area contributed by atoms with Gasteiger partial charge in [-0.1, -0.05) is 80.3 Å². The number of aromatic nitrogens is 4. The Kier molecular flexibility index (Phi) is 8.44. The standard InChI is InChI=1S/C28H22N3O.C11H8N.Ir/c1-28(2,3)22-16-17-29-26-24(22)31(18-10-5-4-6-11-18)27(30-26)21-14-9-13-20-19-12-7-8-15-23(19)32-25(20)21;1-2-6-10(7-3-1)11-8-4-5-9-12-11;/h4-13,15-17H,1-3H3;1-6,8-9H;/q2*-1;. The van der Waals surface area contributed by atoms with E-state index in [2.05, 4.69) is 77.8 Å². The molecule has 4 heterocycles. The summed E-state index contributed by atoms with van der Waals surface area (Å²) in [5.41, 5.74) is 8.39. The first-order chi connectivity index (χ1) is 21.5. The molecular weight excluding hydrogens is 733 g/mol. The van der Waals surface area contributed by atoms with Crippen LogP contribution in [0.1, 0.15) is 26.3 Å². The molecule has 45 heavy (non-hydrogen) atoms. The minimum absolute atomic E-state index is 0. The van der Waals surface area contributed by atoms with Crippen molar-refractivity contribution in [1.29, 1.82) is 0 Å². The largest absolute Gasteiger partial charge is 0.501 e. The molecule has 0 saturated heterocycles. The van der Waals surface area contributed by atoms with E-state index in [-0.39, 0.29) is 25.5 Å². The fourth-order valence-corrected chi connectivity index (χ4v) is 5.53. The number of para-hydroxylation sites is 2. The van der Waals surface area contributed by atoms with Crippen molar-refractivity contribution in [3.8, 4) is 28.3 Å². The minimum Gasteiger partial charge on any atom is -0.501 e. The molecule has 0 aliphatic heterocycles. The normalized spacial score (nSPS) is 11.3. The molecule has 0 atom stereocenters. The summed E-state index contributed by atoms with van der Waals surface area (Å²) in [6, 6.07) is 44.8. The van der Waals surface area contributed by atoms with E-state index in [0.717, 1.165) is 61.4 Å². The van der Waals surface area contributed by atoms with Crippen LogP contribution < -0.4 is 0 Å². The summed E-state index contributed by atoms with van der Waals surface area (Å²) in [7, 11) is 0. The van der Waals surface area contributed by atoms with Crippen LogP contribution in [0.15, 0.2) is 132 Å². The molecule has 0 fully saturated rings. The van der Waals surface area contributed by atoms with Crippen molar-refractivity contribution < 1.29 is 24.5 Å². The van der Waals surface area contributed by atoms with Crippen molar-refractivity contribution in [3.05, 3.63) is 145 Å². The van der Waals surface area contributed by atoms with Crippen LogP contribution in [0.25, 0.3) is 61.4 Å². The Morgan fingerprint density at radius 1 is 0.689 bits per heavy atom. The van der Waals surface area contributed by atoms with E-state index in [1.165, 1.54) is 5.56 Å². The molecule has 8 rings (SSSR count). The Labute approximate surface area is 276 Å². The number of rotatable bonds is 3. The van der Waals surface area contributed by atoms with Gasteiger partial charge in [0.25, 0.3) is 0 Å². The predicted octanol–water partition coefficient (Wildman–Crippen LogP) is 9.63. The molecule has 0 amide bonds.